The van der Waals surface area contributed by atoms with Crippen LogP contribution in [-0.4, -0.2) is 9.97 Å². The zero-order valence-corrected chi connectivity index (χ0v) is 10.8. The van der Waals surface area contributed by atoms with Crippen LogP contribution in [-0.2, 0) is 12.7 Å². The molecule has 0 fully saturated rings. The fourth-order valence-corrected chi connectivity index (χ4v) is 1.62. The van der Waals surface area contributed by atoms with Gasteiger partial charge in [-0.05, 0) is 17.7 Å². The number of nitrogens with zero attached hydrogens (tertiary/aromatic N) is 2. The first kappa shape index (κ1) is 14.4. The van der Waals surface area contributed by atoms with Gasteiger partial charge in [-0.25, -0.2) is 4.98 Å². The van der Waals surface area contributed by atoms with Gasteiger partial charge in [0.25, 0.3) is 0 Å². The third-order valence-electron chi connectivity index (χ3n) is 2.42. The summed E-state index contributed by atoms with van der Waals surface area (Å²) in [7, 11) is 0. The number of hydrogen-bond donors (Lipinski definition) is 2. The highest BCUT2D eigenvalue weighted by atomic mass is 35.5. The van der Waals surface area contributed by atoms with Crippen molar-refractivity contribution in [2.45, 2.75) is 12.7 Å². The van der Waals surface area contributed by atoms with Crippen LogP contribution in [0.1, 0.15) is 11.3 Å². The molecule has 0 bridgehead atoms. The molecule has 1 aromatic carbocycles. The molecule has 0 spiro atoms. The van der Waals surface area contributed by atoms with Gasteiger partial charge in [-0.1, -0.05) is 23.7 Å². The number of aromatic nitrogens is 2. The zero-order valence-electron chi connectivity index (χ0n) is 10.1. The standard InChI is InChI=1S/C12H10ClF3N4/c13-8-3-1-7(2-4-8)6-18-10-5-9(12(14,15)16)19-11(17)20-10/h1-5H,6H2,(H3,17,18,19,20). The van der Waals surface area contributed by atoms with Crippen LogP contribution in [0.2, 0.25) is 5.02 Å². The van der Waals surface area contributed by atoms with Gasteiger partial charge in [0.2, 0.25) is 5.95 Å². The first-order valence-corrected chi connectivity index (χ1v) is 5.92. The van der Waals surface area contributed by atoms with Crippen molar-refractivity contribution in [3.8, 4) is 0 Å². The van der Waals surface area contributed by atoms with Gasteiger partial charge in [0.05, 0.1) is 0 Å². The fourth-order valence-electron chi connectivity index (χ4n) is 1.50. The van der Waals surface area contributed by atoms with E-state index in [1.807, 2.05) is 0 Å². The molecule has 0 radical (unpaired) electrons. The highest BCUT2D eigenvalue weighted by Crippen LogP contribution is 2.29. The summed E-state index contributed by atoms with van der Waals surface area (Å²) in [6, 6.07) is 7.70. The average molecular weight is 303 g/mol. The highest BCUT2D eigenvalue weighted by molar-refractivity contribution is 6.30. The summed E-state index contributed by atoms with van der Waals surface area (Å²) < 4.78 is 37.7. The highest BCUT2D eigenvalue weighted by Gasteiger charge is 2.33. The summed E-state index contributed by atoms with van der Waals surface area (Å²) in [5, 5.41) is 3.34. The minimum absolute atomic E-state index is 0.0137. The van der Waals surface area contributed by atoms with Gasteiger partial charge >= 0.3 is 6.18 Å². The molecule has 106 valence electrons. The SMILES string of the molecule is Nc1nc(NCc2ccc(Cl)cc2)cc(C(F)(F)F)n1. The van der Waals surface area contributed by atoms with Crippen LogP contribution < -0.4 is 11.1 Å². The predicted molar refractivity (Wildman–Crippen MR) is 70.2 cm³/mol. The van der Waals surface area contributed by atoms with Crippen molar-refractivity contribution in [1.29, 1.82) is 0 Å². The van der Waals surface area contributed by atoms with Crippen molar-refractivity contribution < 1.29 is 13.2 Å². The summed E-state index contributed by atoms with van der Waals surface area (Å²) in [6.45, 7) is 0.297. The van der Waals surface area contributed by atoms with Crippen LogP contribution in [0.5, 0.6) is 0 Å². The van der Waals surface area contributed by atoms with E-state index in [2.05, 4.69) is 15.3 Å². The first-order chi connectivity index (χ1) is 9.34. The minimum atomic E-state index is -4.56. The minimum Gasteiger partial charge on any atom is -0.368 e. The molecule has 0 aliphatic carbocycles. The Labute approximate surface area is 117 Å². The summed E-state index contributed by atoms with van der Waals surface area (Å²) >= 11 is 5.74. The van der Waals surface area contributed by atoms with Crippen molar-refractivity contribution in [3.05, 3.63) is 46.6 Å². The number of alkyl halides is 3. The maximum absolute atomic E-state index is 12.6. The van der Waals surface area contributed by atoms with Gasteiger partial charge in [0.1, 0.15) is 5.82 Å². The first-order valence-electron chi connectivity index (χ1n) is 5.54. The predicted octanol–water partition coefficient (Wildman–Crippen LogP) is 3.34. The molecule has 0 unspecified atom stereocenters. The normalized spacial score (nSPS) is 11.4. The van der Waals surface area contributed by atoms with E-state index in [1.54, 1.807) is 24.3 Å². The zero-order chi connectivity index (χ0) is 14.8. The van der Waals surface area contributed by atoms with Crippen LogP contribution >= 0.6 is 11.6 Å². The molecule has 0 atom stereocenters. The molecule has 0 aliphatic rings. The Hall–Kier alpha value is -2.02. The number of rotatable bonds is 3. The van der Waals surface area contributed by atoms with Crippen molar-refractivity contribution in [2.75, 3.05) is 11.1 Å². The van der Waals surface area contributed by atoms with Crippen molar-refractivity contribution in [1.82, 2.24) is 9.97 Å². The average Bonchev–Trinajstić information content (AvgIpc) is 2.36. The number of benzene rings is 1. The molecule has 3 N–H and O–H groups in total. The molecular formula is C12H10ClF3N4. The van der Waals surface area contributed by atoms with Gasteiger partial charge in [0.15, 0.2) is 5.69 Å². The lowest BCUT2D eigenvalue weighted by molar-refractivity contribution is -0.141. The molecule has 20 heavy (non-hydrogen) atoms. The molecule has 1 heterocycles. The molecule has 4 nitrogen and oxygen atoms in total. The monoisotopic (exact) mass is 302 g/mol. The number of nitrogens with one attached hydrogen (secondary N) is 1. The Morgan fingerprint density at radius 3 is 2.40 bits per heavy atom. The molecule has 1 aromatic heterocycles. The van der Waals surface area contributed by atoms with Crippen molar-refractivity contribution in [2.24, 2.45) is 0 Å². The van der Waals surface area contributed by atoms with Gasteiger partial charge in [0, 0.05) is 17.6 Å². The maximum atomic E-state index is 12.6. The number of nitrogen functional groups attached to an aromatic ring is 1. The molecule has 8 heteroatoms. The number of nitrogens with two attached hydrogens (primary N) is 1. The molecular weight excluding hydrogens is 293 g/mol. The van der Waals surface area contributed by atoms with E-state index >= 15 is 0 Å². The molecule has 0 saturated carbocycles. The second-order valence-corrected chi connectivity index (χ2v) is 4.41. The van der Waals surface area contributed by atoms with E-state index in [0.717, 1.165) is 11.6 Å². The van der Waals surface area contributed by atoms with Gasteiger partial charge in [-0.2, -0.15) is 18.2 Å². The number of halogens is 4. The van der Waals surface area contributed by atoms with Gasteiger partial charge < -0.3 is 11.1 Å². The van der Waals surface area contributed by atoms with Crippen LogP contribution in [0.3, 0.4) is 0 Å². The quantitative estimate of drug-likeness (QED) is 0.912. The second kappa shape index (κ2) is 5.54. The van der Waals surface area contributed by atoms with Crippen molar-refractivity contribution in [3.63, 3.8) is 0 Å². The van der Waals surface area contributed by atoms with Crippen LogP contribution in [0.4, 0.5) is 24.9 Å². The maximum Gasteiger partial charge on any atom is 0.433 e. The molecule has 0 saturated heterocycles. The van der Waals surface area contributed by atoms with Gasteiger partial charge in [-0.3, -0.25) is 0 Å². The Balaban J connectivity index is 2.13. The topological polar surface area (TPSA) is 63.8 Å². The van der Waals surface area contributed by atoms with Crippen molar-refractivity contribution >= 4 is 23.4 Å². The molecule has 2 aromatic rings. The smallest absolute Gasteiger partial charge is 0.368 e. The number of hydrogen-bond acceptors (Lipinski definition) is 4. The lowest BCUT2D eigenvalue weighted by Gasteiger charge is -2.10. The molecule has 0 amide bonds. The Kier molecular flexibility index (Phi) is 3.99. The van der Waals surface area contributed by atoms with Crippen LogP contribution in [0, 0.1) is 0 Å². The van der Waals surface area contributed by atoms with Crippen LogP contribution in [0.15, 0.2) is 30.3 Å². The third-order valence-corrected chi connectivity index (χ3v) is 2.67. The van der Waals surface area contributed by atoms with E-state index in [9.17, 15) is 13.2 Å². The summed E-state index contributed by atoms with van der Waals surface area (Å²) in [4.78, 5) is 6.87. The summed E-state index contributed by atoms with van der Waals surface area (Å²) in [5.41, 5.74) is 5.03. The summed E-state index contributed by atoms with van der Waals surface area (Å²) in [5.74, 6) is -0.418. The van der Waals surface area contributed by atoms with Crippen LogP contribution in [0.25, 0.3) is 0 Å². The molecule has 2 rings (SSSR count). The van der Waals surface area contributed by atoms with E-state index < -0.39 is 17.8 Å². The van der Waals surface area contributed by atoms with Gasteiger partial charge in [-0.15, -0.1) is 0 Å². The van der Waals surface area contributed by atoms with E-state index in [4.69, 9.17) is 17.3 Å². The second-order valence-electron chi connectivity index (χ2n) is 3.97. The largest absolute Gasteiger partial charge is 0.433 e. The van der Waals surface area contributed by atoms with E-state index in [-0.39, 0.29) is 5.82 Å². The Bertz CT molecular complexity index is 599. The fraction of sp³-hybridized carbons (Fsp3) is 0.167. The van der Waals surface area contributed by atoms with E-state index in [1.165, 1.54) is 0 Å². The lowest BCUT2D eigenvalue weighted by Crippen LogP contribution is -2.13. The third kappa shape index (κ3) is 3.74. The number of anilines is 2. The molecule has 0 aliphatic heterocycles. The summed E-state index contributed by atoms with van der Waals surface area (Å²) in [6.07, 6.45) is -4.56. The Morgan fingerprint density at radius 2 is 1.80 bits per heavy atom. The Morgan fingerprint density at radius 1 is 1.15 bits per heavy atom. The van der Waals surface area contributed by atoms with E-state index in [0.29, 0.717) is 11.6 Å². The lowest BCUT2D eigenvalue weighted by atomic mass is 10.2.